The molecule has 0 aliphatic carbocycles. The zero-order valence-electron chi connectivity index (χ0n) is 10.7. The van der Waals surface area contributed by atoms with E-state index >= 15 is 0 Å². The first-order valence-corrected chi connectivity index (χ1v) is 7.25. The maximum Gasteiger partial charge on any atom is 0.234 e. The van der Waals surface area contributed by atoms with Crippen LogP contribution < -0.4 is 11.1 Å². The van der Waals surface area contributed by atoms with E-state index in [0.29, 0.717) is 21.7 Å². The van der Waals surface area contributed by atoms with Crippen LogP contribution in [0.25, 0.3) is 0 Å². The molecule has 0 bridgehead atoms. The smallest absolute Gasteiger partial charge is 0.234 e. The Morgan fingerprint density at radius 3 is 2.67 bits per heavy atom. The van der Waals surface area contributed by atoms with Crippen LogP contribution in [-0.4, -0.2) is 11.7 Å². The van der Waals surface area contributed by atoms with E-state index in [-0.39, 0.29) is 11.4 Å². The Labute approximate surface area is 129 Å². The highest BCUT2D eigenvalue weighted by Crippen LogP contribution is 2.28. The quantitative estimate of drug-likeness (QED) is 0.660. The van der Waals surface area contributed by atoms with Gasteiger partial charge in [0.2, 0.25) is 5.91 Å². The largest absolute Gasteiger partial charge is 0.399 e. The molecule has 0 spiro atoms. The highest BCUT2D eigenvalue weighted by molar-refractivity contribution is 8.00. The fourth-order valence-electron chi connectivity index (χ4n) is 1.55. The lowest BCUT2D eigenvalue weighted by Gasteiger charge is -2.07. The number of nitrogens with two attached hydrogens (primary N) is 1. The number of carbonyl (C=O) groups is 1. The summed E-state index contributed by atoms with van der Waals surface area (Å²) in [6.07, 6.45) is 0. The lowest BCUT2D eigenvalue weighted by molar-refractivity contribution is -0.113. The van der Waals surface area contributed by atoms with E-state index in [9.17, 15) is 13.6 Å². The van der Waals surface area contributed by atoms with Crippen molar-refractivity contribution in [2.24, 2.45) is 0 Å². The van der Waals surface area contributed by atoms with E-state index in [2.05, 4.69) is 5.32 Å². The minimum absolute atomic E-state index is 0.0421. The molecule has 2 rings (SSSR count). The van der Waals surface area contributed by atoms with Gasteiger partial charge in [-0.2, -0.15) is 0 Å². The van der Waals surface area contributed by atoms with E-state index in [1.807, 2.05) is 0 Å². The van der Waals surface area contributed by atoms with Gasteiger partial charge >= 0.3 is 0 Å². The predicted molar refractivity (Wildman–Crippen MR) is 81.6 cm³/mol. The minimum Gasteiger partial charge on any atom is -0.399 e. The lowest BCUT2D eigenvalue weighted by Crippen LogP contribution is -2.15. The van der Waals surface area contributed by atoms with Crippen LogP contribution in [0.1, 0.15) is 0 Å². The number of nitrogen functional groups attached to an aromatic ring is 1. The SMILES string of the molecule is Nc1ccc(SCC(=O)Nc2ccc(F)cc2F)c(Cl)c1. The van der Waals surface area contributed by atoms with Gasteiger partial charge in [-0.15, -0.1) is 11.8 Å². The van der Waals surface area contributed by atoms with Crippen LogP contribution in [0.3, 0.4) is 0 Å². The summed E-state index contributed by atoms with van der Waals surface area (Å²) in [6.45, 7) is 0. The molecule has 0 fully saturated rings. The number of rotatable bonds is 4. The van der Waals surface area contributed by atoms with Crippen molar-refractivity contribution in [2.75, 3.05) is 16.8 Å². The average Bonchev–Trinajstić information content (AvgIpc) is 2.41. The molecule has 0 saturated carbocycles. The van der Waals surface area contributed by atoms with Gasteiger partial charge in [0.25, 0.3) is 0 Å². The van der Waals surface area contributed by atoms with E-state index < -0.39 is 17.5 Å². The zero-order chi connectivity index (χ0) is 15.4. The van der Waals surface area contributed by atoms with Crippen LogP contribution in [0.15, 0.2) is 41.3 Å². The molecule has 110 valence electrons. The first kappa shape index (κ1) is 15.6. The molecular formula is C14H11ClF2N2OS. The van der Waals surface area contributed by atoms with E-state index in [4.69, 9.17) is 17.3 Å². The van der Waals surface area contributed by atoms with Gasteiger partial charge in [-0.25, -0.2) is 8.78 Å². The number of nitrogens with one attached hydrogen (secondary N) is 1. The van der Waals surface area contributed by atoms with Crippen molar-refractivity contribution in [1.82, 2.24) is 0 Å². The van der Waals surface area contributed by atoms with Crippen LogP contribution in [0.4, 0.5) is 20.2 Å². The number of hydrogen-bond acceptors (Lipinski definition) is 3. The number of carbonyl (C=O) groups excluding carboxylic acids is 1. The molecular weight excluding hydrogens is 318 g/mol. The fraction of sp³-hybridized carbons (Fsp3) is 0.0714. The number of hydrogen-bond donors (Lipinski definition) is 2. The molecule has 0 aliphatic rings. The molecule has 2 aromatic rings. The molecule has 0 aromatic heterocycles. The number of benzene rings is 2. The van der Waals surface area contributed by atoms with Gasteiger partial charge in [-0.1, -0.05) is 11.6 Å². The van der Waals surface area contributed by atoms with E-state index in [1.54, 1.807) is 18.2 Å². The van der Waals surface area contributed by atoms with E-state index in [1.165, 1.54) is 17.8 Å². The maximum atomic E-state index is 13.4. The third kappa shape index (κ3) is 4.34. The van der Waals surface area contributed by atoms with Crippen molar-refractivity contribution in [1.29, 1.82) is 0 Å². The van der Waals surface area contributed by atoms with Gasteiger partial charge in [-0.05, 0) is 30.3 Å². The zero-order valence-corrected chi connectivity index (χ0v) is 12.3. The van der Waals surface area contributed by atoms with Crippen LogP contribution in [0, 0.1) is 11.6 Å². The second-order valence-corrected chi connectivity index (χ2v) is 5.58. The normalized spacial score (nSPS) is 10.4. The Balaban J connectivity index is 1.96. The second-order valence-electron chi connectivity index (χ2n) is 4.15. The van der Waals surface area contributed by atoms with Crippen molar-refractivity contribution in [3.8, 4) is 0 Å². The Morgan fingerprint density at radius 1 is 1.24 bits per heavy atom. The first-order valence-electron chi connectivity index (χ1n) is 5.88. The van der Waals surface area contributed by atoms with Crippen molar-refractivity contribution >= 4 is 40.6 Å². The summed E-state index contributed by atoms with van der Waals surface area (Å²) in [7, 11) is 0. The molecule has 0 saturated heterocycles. The molecule has 0 unspecified atom stereocenters. The fourth-order valence-corrected chi connectivity index (χ4v) is 2.63. The van der Waals surface area contributed by atoms with Gasteiger partial charge in [0.05, 0.1) is 16.5 Å². The highest BCUT2D eigenvalue weighted by Gasteiger charge is 2.10. The summed E-state index contributed by atoms with van der Waals surface area (Å²) in [6, 6.07) is 7.91. The second kappa shape index (κ2) is 6.78. The number of thioether (sulfide) groups is 1. The van der Waals surface area contributed by atoms with Crippen LogP contribution in [-0.2, 0) is 4.79 Å². The molecule has 3 N–H and O–H groups in total. The third-order valence-electron chi connectivity index (χ3n) is 2.52. The Kier molecular flexibility index (Phi) is 5.03. The van der Waals surface area contributed by atoms with Crippen LogP contribution in [0.2, 0.25) is 5.02 Å². The summed E-state index contributed by atoms with van der Waals surface area (Å²) >= 11 is 7.18. The minimum atomic E-state index is -0.820. The molecule has 0 aliphatic heterocycles. The molecule has 0 heterocycles. The first-order chi connectivity index (χ1) is 9.95. The van der Waals surface area contributed by atoms with Gasteiger partial charge in [0.1, 0.15) is 11.6 Å². The molecule has 3 nitrogen and oxygen atoms in total. The van der Waals surface area contributed by atoms with Crippen molar-refractivity contribution in [3.63, 3.8) is 0 Å². The lowest BCUT2D eigenvalue weighted by atomic mass is 10.3. The van der Waals surface area contributed by atoms with Crippen molar-refractivity contribution in [3.05, 3.63) is 53.1 Å². The Morgan fingerprint density at radius 2 is 2.00 bits per heavy atom. The summed E-state index contributed by atoms with van der Waals surface area (Å²) in [5.74, 6) is -1.90. The summed E-state index contributed by atoms with van der Waals surface area (Å²) in [5, 5.41) is 2.81. The third-order valence-corrected chi connectivity index (χ3v) is 4.02. The topological polar surface area (TPSA) is 55.1 Å². The number of anilines is 2. The van der Waals surface area contributed by atoms with Crippen molar-refractivity contribution in [2.45, 2.75) is 4.90 Å². The number of amides is 1. The maximum absolute atomic E-state index is 13.4. The molecule has 0 atom stereocenters. The Bertz CT molecular complexity index is 682. The summed E-state index contributed by atoms with van der Waals surface area (Å²) < 4.78 is 26.1. The summed E-state index contributed by atoms with van der Waals surface area (Å²) in [5.41, 5.74) is 6.03. The van der Waals surface area contributed by atoms with Crippen LogP contribution >= 0.6 is 23.4 Å². The molecule has 7 heteroatoms. The van der Waals surface area contributed by atoms with E-state index in [0.717, 1.165) is 6.07 Å². The standard InChI is InChI=1S/C14H11ClF2N2OS/c15-10-6-9(18)2-4-13(10)21-7-14(20)19-12-3-1-8(16)5-11(12)17/h1-6H,7,18H2,(H,19,20). The average molecular weight is 329 g/mol. The van der Waals surface area contributed by atoms with Gasteiger partial charge in [-0.3, -0.25) is 4.79 Å². The van der Waals surface area contributed by atoms with Crippen LogP contribution in [0.5, 0.6) is 0 Å². The predicted octanol–water partition coefficient (Wildman–Crippen LogP) is 3.93. The monoisotopic (exact) mass is 328 g/mol. The van der Waals surface area contributed by atoms with Crippen molar-refractivity contribution < 1.29 is 13.6 Å². The van der Waals surface area contributed by atoms with Gasteiger partial charge < -0.3 is 11.1 Å². The number of halogens is 3. The Hall–Kier alpha value is -1.79. The molecule has 2 aromatic carbocycles. The van der Waals surface area contributed by atoms with Gasteiger partial charge in [0, 0.05) is 16.6 Å². The summed E-state index contributed by atoms with van der Waals surface area (Å²) in [4.78, 5) is 12.4. The van der Waals surface area contributed by atoms with Gasteiger partial charge in [0.15, 0.2) is 0 Å². The highest BCUT2D eigenvalue weighted by atomic mass is 35.5. The molecule has 1 amide bonds. The molecule has 21 heavy (non-hydrogen) atoms. The molecule has 0 radical (unpaired) electrons.